The van der Waals surface area contributed by atoms with E-state index in [-0.39, 0.29) is 0 Å². The number of rotatable bonds is 1. The van der Waals surface area contributed by atoms with Crippen LogP contribution in [-0.2, 0) is 0 Å². The summed E-state index contributed by atoms with van der Waals surface area (Å²) < 4.78 is 0. The molecule has 4 rings (SSSR count). The zero-order valence-electron chi connectivity index (χ0n) is 13.0. The Morgan fingerprint density at radius 3 is 2.50 bits per heavy atom. The molecule has 2 heteroatoms. The van der Waals surface area contributed by atoms with Gasteiger partial charge in [-0.1, -0.05) is 32.1 Å². The molecule has 2 heterocycles. The molecule has 20 heavy (non-hydrogen) atoms. The summed E-state index contributed by atoms with van der Waals surface area (Å²) in [6.45, 7) is 3.79. The fourth-order valence-corrected chi connectivity index (χ4v) is 6.05. The third-order valence-corrected chi connectivity index (χ3v) is 6.87. The van der Waals surface area contributed by atoms with E-state index in [1.165, 1.54) is 90.3 Å². The molecule has 2 unspecified atom stereocenters. The van der Waals surface area contributed by atoms with Crippen LogP contribution < -0.4 is 10.6 Å². The lowest BCUT2D eigenvalue weighted by Crippen LogP contribution is -2.55. The third-order valence-electron chi connectivity index (χ3n) is 6.87. The summed E-state index contributed by atoms with van der Waals surface area (Å²) in [6.07, 6.45) is 16.1. The van der Waals surface area contributed by atoms with E-state index in [0.717, 1.165) is 5.92 Å². The minimum atomic E-state index is 0.516. The molecule has 4 fully saturated rings. The zero-order valence-corrected chi connectivity index (χ0v) is 13.0. The van der Waals surface area contributed by atoms with E-state index in [1.54, 1.807) is 0 Å². The Hall–Kier alpha value is -0.0800. The summed E-state index contributed by atoms with van der Waals surface area (Å²) in [7, 11) is 0. The largest absolute Gasteiger partial charge is 0.316 e. The van der Waals surface area contributed by atoms with E-state index in [2.05, 4.69) is 10.6 Å². The van der Waals surface area contributed by atoms with Gasteiger partial charge in [-0.15, -0.1) is 0 Å². The van der Waals surface area contributed by atoms with E-state index < -0.39 is 0 Å². The van der Waals surface area contributed by atoms with Crippen molar-refractivity contribution in [3.8, 4) is 0 Å². The SMILES string of the molecule is C1CCCC2(CC1)CCN[C]2C12CCCC(CNC1)C2. The second-order valence-electron chi connectivity index (χ2n) is 8.12. The molecule has 2 aliphatic heterocycles. The highest BCUT2D eigenvalue weighted by Crippen LogP contribution is 2.59. The first kappa shape index (κ1) is 13.6. The molecular formula is C18H31N2. The molecule has 1 spiro atoms. The summed E-state index contributed by atoms with van der Waals surface area (Å²) in [5, 5.41) is 7.72. The molecule has 2 aliphatic carbocycles. The van der Waals surface area contributed by atoms with E-state index in [1.807, 2.05) is 6.04 Å². The Morgan fingerprint density at radius 2 is 1.65 bits per heavy atom. The molecule has 2 N–H and O–H groups in total. The van der Waals surface area contributed by atoms with Crippen LogP contribution in [0.5, 0.6) is 0 Å². The van der Waals surface area contributed by atoms with Crippen LogP contribution in [0, 0.1) is 22.8 Å². The quantitative estimate of drug-likeness (QED) is 0.763. The number of nitrogens with one attached hydrogen (secondary N) is 2. The van der Waals surface area contributed by atoms with E-state index in [0.29, 0.717) is 10.8 Å². The highest BCUT2D eigenvalue weighted by molar-refractivity contribution is 5.22. The predicted molar refractivity (Wildman–Crippen MR) is 83.3 cm³/mol. The van der Waals surface area contributed by atoms with Crippen molar-refractivity contribution >= 4 is 0 Å². The molecule has 0 aromatic heterocycles. The van der Waals surface area contributed by atoms with Crippen LogP contribution in [0.25, 0.3) is 0 Å². The van der Waals surface area contributed by atoms with Gasteiger partial charge in [0, 0.05) is 12.0 Å². The van der Waals surface area contributed by atoms with Crippen molar-refractivity contribution in [3.05, 3.63) is 6.04 Å². The fourth-order valence-electron chi connectivity index (χ4n) is 6.05. The van der Waals surface area contributed by atoms with Crippen molar-refractivity contribution in [3.63, 3.8) is 0 Å². The molecule has 0 aromatic rings. The Kier molecular flexibility index (Phi) is 3.58. The molecule has 2 saturated heterocycles. The van der Waals surface area contributed by atoms with Gasteiger partial charge in [0.1, 0.15) is 0 Å². The molecule has 2 atom stereocenters. The van der Waals surface area contributed by atoms with Crippen molar-refractivity contribution in [2.45, 2.75) is 70.6 Å². The number of hydrogen-bond donors (Lipinski definition) is 2. The van der Waals surface area contributed by atoms with Gasteiger partial charge in [-0.25, -0.2) is 0 Å². The molecule has 1 radical (unpaired) electrons. The van der Waals surface area contributed by atoms with Crippen LogP contribution in [0.15, 0.2) is 0 Å². The van der Waals surface area contributed by atoms with Gasteiger partial charge in [0.05, 0.1) is 6.04 Å². The molecule has 2 saturated carbocycles. The second kappa shape index (κ2) is 5.28. The maximum atomic E-state index is 3.94. The van der Waals surface area contributed by atoms with Gasteiger partial charge < -0.3 is 10.6 Å². The minimum absolute atomic E-state index is 0.516. The smallest absolute Gasteiger partial charge is 0.0502 e. The fraction of sp³-hybridized carbons (Fsp3) is 0.944. The first-order chi connectivity index (χ1) is 9.83. The monoisotopic (exact) mass is 275 g/mol. The zero-order chi connectivity index (χ0) is 13.5. The van der Waals surface area contributed by atoms with Crippen LogP contribution in [0.4, 0.5) is 0 Å². The highest BCUT2D eigenvalue weighted by atomic mass is 15.0. The van der Waals surface area contributed by atoms with E-state index in [9.17, 15) is 0 Å². The molecule has 113 valence electrons. The molecule has 2 bridgehead atoms. The summed E-state index contributed by atoms with van der Waals surface area (Å²) >= 11 is 0. The Morgan fingerprint density at radius 1 is 0.850 bits per heavy atom. The van der Waals surface area contributed by atoms with Crippen LogP contribution in [-0.4, -0.2) is 19.6 Å². The van der Waals surface area contributed by atoms with Crippen molar-refractivity contribution in [2.24, 2.45) is 16.7 Å². The second-order valence-corrected chi connectivity index (χ2v) is 8.12. The maximum Gasteiger partial charge on any atom is 0.0502 e. The summed E-state index contributed by atoms with van der Waals surface area (Å²) in [5.41, 5.74) is 1.10. The van der Waals surface area contributed by atoms with Gasteiger partial charge in [-0.05, 0) is 62.9 Å². The summed E-state index contributed by atoms with van der Waals surface area (Å²) in [4.78, 5) is 0. The van der Waals surface area contributed by atoms with Crippen LogP contribution in [0.2, 0.25) is 0 Å². The van der Waals surface area contributed by atoms with Crippen molar-refractivity contribution in [1.82, 2.24) is 10.6 Å². The van der Waals surface area contributed by atoms with Gasteiger partial charge in [0.15, 0.2) is 0 Å². The Bertz CT molecular complexity index is 333. The average Bonchev–Trinajstić information content (AvgIpc) is 2.72. The lowest BCUT2D eigenvalue weighted by Gasteiger charge is -2.53. The highest BCUT2D eigenvalue weighted by Gasteiger charge is 2.55. The standard InChI is InChI=1S/C18H31N2/c1-2-4-8-17(7-3-1)10-11-20-16(17)18-9-5-6-15(12-18)13-19-14-18/h15,19-20H,1-14H2. The number of piperidine rings is 1. The predicted octanol–water partition coefficient (Wildman–Crippen LogP) is 3.63. The maximum absolute atomic E-state index is 3.94. The van der Waals surface area contributed by atoms with Crippen molar-refractivity contribution in [1.29, 1.82) is 0 Å². The topological polar surface area (TPSA) is 24.1 Å². The van der Waals surface area contributed by atoms with Crippen LogP contribution >= 0.6 is 0 Å². The lowest BCUT2D eigenvalue weighted by atomic mass is 9.56. The Labute approximate surface area is 124 Å². The number of fused-ring (bicyclic) bond motifs is 2. The van der Waals surface area contributed by atoms with E-state index >= 15 is 0 Å². The normalized spacial score (nSPS) is 41.7. The molecule has 0 aromatic carbocycles. The molecule has 4 aliphatic rings. The summed E-state index contributed by atoms with van der Waals surface area (Å²) in [5.74, 6) is 0.954. The van der Waals surface area contributed by atoms with Gasteiger partial charge >= 0.3 is 0 Å². The van der Waals surface area contributed by atoms with Gasteiger partial charge in [0.2, 0.25) is 0 Å². The van der Waals surface area contributed by atoms with Gasteiger partial charge in [-0.3, -0.25) is 0 Å². The third kappa shape index (κ3) is 2.14. The number of hydrogen-bond acceptors (Lipinski definition) is 2. The Balaban J connectivity index is 1.62. The molecule has 0 amide bonds. The minimum Gasteiger partial charge on any atom is -0.316 e. The van der Waals surface area contributed by atoms with Gasteiger partial charge in [0.25, 0.3) is 0 Å². The molecular weight excluding hydrogens is 244 g/mol. The lowest BCUT2D eigenvalue weighted by molar-refractivity contribution is 0.0598. The van der Waals surface area contributed by atoms with E-state index in [4.69, 9.17) is 0 Å². The van der Waals surface area contributed by atoms with Crippen molar-refractivity contribution in [2.75, 3.05) is 19.6 Å². The molecule has 2 nitrogen and oxygen atoms in total. The average molecular weight is 275 g/mol. The van der Waals surface area contributed by atoms with Crippen LogP contribution in [0.1, 0.15) is 70.6 Å². The van der Waals surface area contributed by atoms with Crippen LogP contribution in [0.3, 0.4) is 0 Å². The first-order valence-corrected chi connectivity index (χ1v) is 9.16. The summed E-state index contributed by atoms with van der Waals surface area (Å²) in [6, 6.07) is 1.82. The van der Waals surface area contributed by atoms with Gasteiger partial charge in [-0.2, -0.15) is 0 Å². The van der Waals surface area contributed by atoms with Crippen molar-refractivity contribution < 1.29 is 0 Å². The first-order valence-electron chi connectivity index (χ1n) is 9.16.